The average Bonchev–Trinajstić information content (AvgIpc) is 2.60. The van der Waals surface area contributed by atoms with Gasteiger partial charge in [0.05, 0.1) is 26.2 Å². The first-order valence-corrected chi connectivity index (χ1v) is 8.29. The predicted octanol–water partition coefficient (Wildman–Crippen LogP) is 5.18. The Bertz CT molecular complexity index is 427. The molecule has 0 unspecified atom stereocenters. The first-order valence-electron chi connectivity index (χ1n) is 6.26. The molecule has 0 saturated carbocycles. The van der Waals surface area contributed by atoms with Crippen LogP contribution >= 0.6 is 7.81 Å². The molecule has 21 heavy (non-hydrogen) atoms. The monoisotopic (exact) mass is 341 g/mol. The van der Waals surface area contributed by atoms with E-state index >= 15 is 0 Å². The molecule has 0 atom stereocenters. The Morgan fingerprint density at radius 2 is 1.71 bits per heavy atom. The van der Waals surface area contributed by atoms with Crippen LogP contribution in [0.4, 0.5) is 25.2 Å². The Hall–Kier alpha value is -1.21. The van der Waals surface area contributed by atoms with E-state index in [1.165, 1.54) is 0 Å². The summed E-state index contributed by atoms with van der Waals surface area (Å²) < 4.78 is 61.4. The van der Waals surface area contributed by atoms with Gasteiger partial charge in [-0.3, -0.25) is 9.48 Å². The molecular formula is C9H18F6N5P. The zero-order chi connectivity index (χ0) is 16.8. The average molecular weight is 341 g/mol. The van der Waals surface area contributed by atoms with E-state index < -0.39 is 7.81 Å². The molecule has 0 bridgehead atoms. The number of rotatable bonds is 4. The number of nitrogens with zero attached hydrogens (tertiary/aromatic N) is 5. The van der Waals surface area contributed by atoms with E-state index in [0.717, 1.165) is 45.0 Å². The summed E-state index contributed by atoms with van der Waals surface area (Å²) in [6, 6.07) is 0. The van der Waals surface area contributed by atoms with Crippen LogP contribution in [-0.4, -0.2) is 41.6 Å². The van der Waals surface area contributed by atoms with E-state index in [9.17, 15) is 25.2 Å². The molecular weight excluding hydrogens is 323 g/mol. The molecule has 0 spiro atoms. The summed E-state index contributed by atoms with van der Waals surface area (Å²) in [5.41, 5.74) is 8.48. The first kappa shape index (κ1) is 19.8. The standard InChI is InChI=1S/C9H18N5.F6P/c1-3-5-13-7-8-14(6-4-2)9(13)11-12-10;1-7(2,3,4,5)6/h3-8H2,1-2H3;/q+1;-1. The third-order valence-corrected chi connectivity index (χ3v) is 2.33. The zero-order valence-corrected chi connectivity index (χ0v) is 12.6. The van der Waals surface area contributed by atoms with Crippen molar-refractivity contribution < 1.29 is 29.8 Å². The van der Waals surface area contributed by atoms with E-state index in [2.05, 4.69) is 33.3 Å². The van der Waals surface area contributed by atoms with Gasteiger partial charge in [0.2, 0.25) is 0 Å². The fourth-order valence-electron chi connectivity index (χ4n) is 1.77. The van der Waals surface area contributed by atoms with Crippen LogP contribution in [0.3, 0.4) is 0 Å². The molecule has 1 aliphatic rings. The minimum absolute atomic E-state index is 0.816. The zero-order valence-electron chi connectivity index (χ0n) is 11.7. The molecule has 0 fully saturated rings. The SMILES string of the molecule is CCCN1CC[N+](CCC)=C1N=[N+]=[N-].F[P-](F)(F)(F)(F)F. The van der Waals surface area contributed by atoms with Gasteiger partial charge in [0.15, 0.2) is 0 Å². The van der Waals surface area contributed by atoms with Crippen LogP contribution in [0.15, 0.2) is 5.11 Å². The van der Waals surface area contributed by atoms with Crippen molar-refractivity contribution in [2.24, 2.45) is 5.11 Å². The molecule has 0 aromatic carbocycles. The van der Waals surface area contributed by atoms with Crippen molar-refractivity contribution in [3.05, 3.63) is 10.4 Å². The molecule has 1 aliphatic heterocycles. The van der Waals surface area contributed by atoms with Crippen LogP contribution in [0.5, 0.6) is 0 Å². The van der Waals surface area contributed by atoms with Crippen LogP contribution in [0, 0.1) is 0 Å². The third-order valence-electron chi connectivity index (χ3n) is 2.33. The second-order valence-electron chi connectivity index (χ2n) is 4.42. The van der Waals surface area contributed by atoms with Crippen molar-refractivity contribution >= 4 is 13.8 Å². The van der Waals surface area contributed by atoms with Gasteiger partial charge in [0, 0.05) is 10.0 Å². The quantitative estimate of drug-likeness (QED) is 0.173. The Kier molecular flexibility index (Phi) is 5.91. The molecule has 0 aliphatic carbocycles. The molecule has 1 heterocycles. The summed E-state index contributed by atoms with van der Waals surface area (Å²) in [6.45, 7) is 8.21. The molecule has 126 valence electrons. The predicted molar refractivity (Wildman–Crippen MR) is 69.9 cm³/mol. The van der Waals surface area contributed by atoms with Crippen molar-refractivity contribution in [1.29, 1.82) is 0 Å². The maximum atomic E-state index is 9.87. The van der Waals surface area contributed by atoms with Gasteiger partial charge in [0.1, 0.15) is 0 Å². The topological polar surface area (TPSA) is 55.0 Å². The number of halogens is 6. The van der Waals surface area contributed by atoms with Gasteiger partial charge in [-0.15, -0.1) is 0 Å². The molecule has 0 radical (unpaired) electrons. The molecule has 0 amide bonds. The summed E-state index contributed by atoms with van der Waals surface area (Å²) >= 11 is 0. The van der Waals surface area contributed by atoms with E-state index in [1.54, 1.807) is 0 Å². The summed E-state index contributed by atoms with van der Waals surface area (Å²) in [6.07, 6.45) is 2.18. The maximum absolute atomic E-state index is 10.7. The van der Waals surface area contributed by atoms with Crippen molar-refractivity contribution in [2.45, 2.75) is 26.7 Å². The first-order chi connectivity index (χ1) is 9.28. The van der Waals surface area contributed by atoms with Crippen LogP contribution < -0.4 is 0 Å². The van der Waals surface area contributed by atoms with Crippen molar-refractivity contribution in [2.75, 3.05) is 26.2 Å². The van der Waals surface area contributed by atoms with E-state index in [1.807, 2.05) is 0 Å². The van der Waals surface area contributed by atoms with E-state index in [4.69, 9.17) is 5.53 Å². The fraction of sp³-hybridized carbons (Fsp3) is 0.889. The fourth-order valence-corrected chi connectivity index (χ4v) is 1.77. The molecule has 1 rings (SSSR count). The number of guanidine groups is 1. The molecule has 0 aromatic heterocycles. The third kappa shape index (κ3) is 12.3. The van der Waals surface area contributed by atoms with Crippen LogP contribution in [0.1, 0.15) is 26.7 Å². The number of hydrogen-bond donors (Lipinski definition) is 0. The number of hydrogen-bond acceptors (Lipinski definition) is 2. The van der Waals surface area contributed by atoms with E-state index in [-0.39, 0.29) is 0 Å². The Labute approximate surface area is 118 Å². The van der Waals surface area contributed by atoms with Crippen LogP contribution in [0.25, 0.3) is 10.4 Å². The Morgan fingerprint density at radius 3 is 2.10 bits per heavy atom. The van der Waals surface area contributed by atoms with Gasteiger partial charge in [0.25, 0.3) is 5.96 Å². The molecule has 0 saturated heterocycles. The summed E-state index contributed by atoms with van der Waals surface area (Å²) in [4.78, 5) is 5.05. The van der Waals surface area contributed by atoms with Crippen molar-refractivity contribution in [3.8, 4) is 0 Å². The second-order valence-corrected chi connectivity index (χ2v) is 6.34. The van der Waals surface area contributed by atoms with Gasteiger partial charge < -0.3 is 0 Å². The Balaban J connectivity index is 0.000000486. The molecule has 12 heteroatoms. The molecule has 0 aromatic rings. The van der Waals surface area contributed by atoms with Crippen LogP contribution in [-0.2, 0) is 0 Å². The van der Waals surface area contributed by atoms with Crippen molar-refractivity contribution in [3.63, 3.8) is 0 Å². The van der Waals surface area contributed by atoms with Gasteiger partial charge in [-0.25, -0.2) is 0 Å². The second kappa shape index (κ2) is 6.27. The van der Waals surface area contributed by atoms with Gasteiger partial charge in [-0.05, 0) is 18.4 Å². The summed E-state index contributed by atoms with van der Waals surface area (Å²) in [7, 11) is -10.7. The Morgan fingerprint density at radius 1 is 1.19 bits per heavy atom. The summed E-state index contributed by atoms with van der Waals surface area (Å²) in [5.74, 6) is 0.816. The number of azide groups is 1. The normalized spacial score (nSPS) is 18.4. The summed E-state index contributed by atoms with van der Waals surface area (Å²) in [5, 5.41) is 3.77. The molecule has 0 N–H and O–H groups in total. The van der Waals surface area contributed by atoms with Gasteiger partial charge in [-0.2, -0.15) is 0 Å². The molecule has 5 nitrogen and oxygen atoms in total. The van der Waals surface area contributed by atoms with Crippen molar-refractivity contribution in [1.82, 2.24) is 4.90 Å². The van der Waals surface area contributed by atoms with Gasteiger partial charge >= 0.3 is 33.0 Å². The van der Waals surface area contributed by atoms with E-state index in [0.29, 0.717) is 0 Å². The minimum atomic E-state index is -10.7. The van der Waals surface area contributed by atoms with Gasteiger partial charge in [-0.1, -0.05) is 13.8 Å². The van der Waals surface area contributed by atoms with Crippen LogP contribution in [0.2, 0.25) is 0 Å².